The van der Waals surface area contributed by atoms with Crippen LogP contribution >= 0.6 is 0 Å². The molecular weight excluding hydrogens is 226 g/mol. The van der Waals surface area contributed by atoms with Gasteiger partial charge in [0.05, 0.1) is 12.8 Å². The van der Waals surface area contributed by atoms with Crippen molar-refractivity contribution in [2.45, 2.75) is 19.9 Å². The van der Waals surface area contributed by atoms with Crippen LogP contribution in [0.15, 0.2) is 24.3 Å². The molecule has 0 radical (unpaired) electrons. The van der Waals surface area contributed by atoms with E-state index in [2.05, 4.69) is 18.3 Å². The molecule has 0 atom stereocenters. The van der Waals surface area contributed by atoms with Crippen molar-refractivity contribution in [3.63, 3.8) is 0 Å². The van der Waals surface area contributed by atoms with Crippen molar-refractivity contribution < 1.29 is 4.74 Å². The number of rotatable bonds is 3. The number of anilines is 1. The predicted octanol–water partition coefficient (Wildman–Crippen LogP) is 2.55. The van der Waals surface area contributed by atoms with Crippen LogP contribution in [0.5, 0.6) is 5.75 Å². The van der Waals surface area contributed by atoms with Gasteiger partial charge >= 0.3 is 0 Å². The third-order valence-corrected chi connectivity index (χ3v) is 3.36. The maximum atomic E-state index is 5.28. The molecule has 0 bridgehead atoms. The van der Waals surface area contributed by atoms with E-state index < -0.39 is 0 Å². The molecule has 3 rings (SSSR count). The lowest BCUT2D eigenvalue weighted by Gasteiger charge is -2.03. The molecule has 18 heavy (non-hydrogen) atoms. The third-order valence-electron chi connectivity index (χ3n) is 3.36. The van der Waals surface area contributed by atoms with Gasteiger partial charge in [0.1, 0.15) is 11.6 Å². The van der Waals surface area contributed by atoms with Gasteiger partial charge in [0.15, 0.2) is 0 Å². The Labute approximate surface area is 107 Å². The molecule has 4 heteroatoms. The van der Waals surface area contributed by atoms with Gasteiger partial charge in [0.2, 0.25) is 0 Å². The van der Waals surface area contributed by atoms with Crippen molar-refractivity contribution in [2.24, 2.45) is 0 Å². The second kappa shape index (κ2) is 4.37. The average molecular weight is 243 g/mol. The maximum absolute atomic E-state index is 5.28. The molecule has 1 N–H and O–H groups in total. The van der Waals surface area contributed by atoms with Crippen LogP contribution in [0, 0.1) is 0 Å². The molecule has 0 unspecified atom stereocenters. The maximum Gasteiger partial charge on any atom is 0.128 e. The molecule has 0 amide bonds. The number of benzene rings is 1. The molecule has 1 aliphatic heterocycles. The average Bonchev–Trinajstić information content (AvgIpc) is 3.00. The first-order valence-corrected chi connectivity index (χ1v) is 6.31. The normalized spacial score (nSPS) is 13.2. The molecule has 0 spiro atoms. The zero-order valence-corrected chi connectivity index (χ0v) is 10.7. The van der Waals surface area contributed by atoms with Crippen molar-refractivity contribution in [3.05, 3.63) is 29.8 Å². The van der Waals surface area contributed by atoms with Crippen molar-refractivity contribution in [1.29, 1.82) is 0 Å². The lowest BCUT2D eigenvalue weighted by Crippen LogP contribution is -2.04. The van der Waals surface area contributed by atoms with Crippen LogP contribution in [0.25, 0.3) is 11.3 Å². The van der Waals surface area contributed by atoms with Crippen LogP contribution in [-0.2, 0) is 13.0 Å². The minimum absolute atomic E-state index is 0.873. The number of hydrogen-bond acceptors (Lipinski definition) is 3. The summed E-state index contributed by atoms with van der Waals surface area (Å²) in [6.45, 7) is 4.01. The number of fused-ring (bicyclic) bond motifs is 1. The highest BCUT2D eigenvalue weighted by Crippen LogP contribution is 2.33. The molecule has 1 aliphatic rings. The van der Waals surface area contributed by atoms with E-state index in [1.807, 2.05) is 22.9 Å². The second-order valence-corrected chi connectivity index (χ2v) is 4.40. The molecule has 0 saturated heterocycles. The van der Waals surface area contributed by atoms with Gasteiger partial charge in [-0.3, -0.25) is 0 Å². The van der Waals surface area contributed by atoms with E-state index in [0.717, 1.165) is 36.5 Å². The van der Waals surface area contributed by atoms with Crippen molar-refractivity contribution in [1.82, 2.24) is 9.78 Å². The van der Waals surface area contributed by atoms with E-state index in [1.165, 1.54) is 11.4 Å². The van der Waals surface area contributed by atoms with E-state index in [1.54, 1.807) is 7.11 Å². The summed E-state index contributed by atoms with van der Waals surface area (Å²) in [4.78, 5) is 0. The standard InChI is InChI=1S/C14H17N3O/c1-3-17-14-12(7-8-15-14)13(16-17)10-5-4-6-11(9-10)18-2/h4-6,9,15H,3,7-8H2,1-2H3. The number of nitrogens with one attached hydrogen (secondary N) is 1. The topological polar surface area (TPSA) is 39.1 Å². The van der Waals surface area contributed by atoms with Gasteiger partial charge in [-0.1, -0.05) is 12.1 Å². The number of aryl methyl sites for hydroxylation is 1. The number of nitrogens with zero attached hydrogens (tertiary/aromatic N) is 2. The number of methoxy groups -OCH3 is 1. The van der Waals surface area contributed by atoms with Crippen LogP contribution in [-0.4, -0.2) is 23.4 Å². The molecule has 1 aromatic carbocycles. The fraction of sp³-hybridized carbons (Fsp3) is 0.357. The van der Waals surface area contributed by atoms with Crippen LogP contribution in [0.2, 0.25) is 0 Å². The Morgan fingerprint density at radius 3 is 3.11 bits per heavy atom. The lowest BCUT2D eigenvalue weighted by molar-refractivity contribution is 0.415. The Balaban J connectivity index is 2.11. The fourth-order valence-corrected chi connectivity index (χ4v) is 2.47. The molecule has 1 aromatic heterocycles. The minimum atomic E-state index is 0.873. The van der Waals surface area contributed by atoms with Crippen molar-refractivity contribution >= 4 is 5.82 Å². The highest BCUT2D eigenvalue weighted by Gasteiger charge is 2.22. The van der Waals surface area contributed by atoms with Gasteiger partial charge in [-0.25, -0.2) is 4.68 Å². The van der Waals surface area contributed by atoms with E-state index >= 15 is 0 Å². The lowest BCUT2D eigenvalue weighted by atomic mass is 10.1. The first kappa shape index (κ1) is 11.1. The Hall–Kier alpha value is -1.97. The van der Waals surface area contributed by atoms with Crippen LogP contribution in [0.1, 0.15) is 12.5 Å². The van der Waals surface area contributed by atoms with Gasteiger partial charge in [-0.2, -0.15) is 5.10 Å². The number of ether oxygens (including phenoxy) is 1. The van der Waals surface area contributed by atoms with Crippen molar-refractivity contribution in [2.75, 3.05) is 19.0 Å². The van der Waals surface area contributed by atoms with E-state index in [9.17, 15) is 0 Å². The summed E-state index contributed by atoms with van der Waals surface area (Å²) in [5.41, 5.74) is 3.53. The summed E-state index contributed by atoms with van der Waals surface area (Å²) in [6.07, 6.45) is 1.04. The number of aromatic nitrogens is 2. The summed E-state index contributed by atoms with van der Waals surface area (Å²) in [7, 11) is 1.69. The smallest absolute Gasteiger partial charge is 0.128 e. The van der Waals surface area contributed by atoms with Gasteiger partial charge in [0.25, 0.3) is 0 Å². The van der Waals surface area contributed by atoms with Crippen LogP contribution in [0.3, 0.4) is 0 Å². The summed E-state index contributed by atoms with van der Waals surface area (Å²) < 4.78 is 7.32. The van der Waals surface area contributed by atoms with Gasteiger partial charge in [-0.05, 0) is 25.5 Å². The molecule has 2 heterocycles. The first-order chi connectivity index (χ1) is 8.83. The van der Waals surface area contributed by atoms with Gasteiger partial charge in [0, 0.05) is 24.2 Å². The highest BCUT2D eigenvalue weighted by atomic mass is 16.5. The Morgan fingerprint density at radius 1 is 1.44 bits per heavy atom. The second-order valence-electron chi connectivity index (χ2n) is 4.40. The first-order valence-electron chi connectivity index (χ1n) is 6.31. The quantitative estimate of drug-likeness (QED) is 0.900. The number of hydrogen-bond donors (Lipinski definition) is 1. The Morgan fingerprint density at radius 2 is 2.33 bits per heavy atom. The molecule has 0 saturated carbocycles. The van der Waals surface area contributed by atoms with E-state index in [-0.39, 0.29) is 0 Å². The zero-order chi connectivity index (χ0) is 12.5. The molecule has 0 fully saturated rings. The minimum Gasteiger partial charge on any atom is -0.497 e. The van der Waals surface area contributed by atoms with E-state index in [4.69, 9.17) is 9.84 Å². The molecule has 0 aliphatic carbocycles. The summed E-state index contributed by atoms with van der Waals surface area (Å²) in [5.74, 6) is 2.05. The fourth-order valence-electron chi connectivity index (χ4n) is 2.47. The SMILES string of the molecule is CCn1nc(-c2cccc(OC)c2)c2c1NCC2. The Kier molecular flexibility index (Phi) is 2.70. The van der Waals surface area contributed by atoms with Gasteiger partial charge in [-0.15, -0.1) is 0 Å². The summed E-state index contributed by atoms with van der Waals surface area (Å²) >= 11 is 0. The largest absolute Gasteiger partial charge is 0.497 e. The van der Waals surface area contributed by atoms with E-state index in [0.29, 0.717) is 0 Å². The molecule has 2 aromatic rings. The molecule has 94 valence electrons. The highest BCUT2D eigenvalue weighted by molar-refractivity contribution is 5.72. The molecular formula is C14H17N3O. The molecule has 4 nitrogen and oxygen atoms in total. The van der Waals surface area contributed by atoms with Crippen LogP contribution in [0.4, 0.5) is 5.82 Å². The Bertz CT molecular complexity index is 574. The monoisotopic (exact) mass is 243 g/mol. The predicted molar refractivity (Wildman–Crippen MR) is 72.1 cm³/mol. The summed E-state index contributed by atoms with van der Waals surface area (Å²) in [5, 5.41) is 8.10. The summed E-state index contributed by atoms with van der Waals surface area (Å²) in [6, 6.07) is 8.09. The third kappa shape index (κ3) is 1.65. The van der Waals surface area contributed by atoms with Gasteiger partial charge < -0.3 is 10.1 Å². The van der Waals surface area contributed by atoms with Crippen molar-refractivity contribution in [3.8, 4) is 17.0 Å². The zero-order valence-electron chi connectivity index (χ0n) is 10.7. The van der Waals surface area contributed by atoms with Crippen LogP contribution < -0.4 is 10.1 Å².